The number of unbranched alkanes of at least 4 members (excludes halogenated alkanes) is 1. The van der Waals surface area contributed by atoms with Gasteiger partial charge in [-0.15, -0.1) is 6.58 Å². The molecule has 0 saturated heterocycles. The maximum absolute atomic E-state index is 5.97. The fourth-order valence-electron chi connectivity index (χ4n) is 2.51. The van der Waals surface area contributed by atoms with Crippen LogP contribution in [0.2, 0.25) is 0 Å². The second-order valence-corrected chi connectivity index (χ2v) is 6.55. The topological polar surface area (TPSA) is 89.9 Å². The molecule has 0 aliphatic carbocycles. The van der Waals surface area contributed by atoms with Gasteiger partial charge in [-0.05, 0) is 36.7 Å². The Balaban J connectivity index is 2.32. The van der Waals surface area contributed by atoms with E-state index in [2.05, 4.69) is 39.3 Å². The van der Waals surface area contributed by atoms with E-state index in [1.54, 1.807) is 18.4 Å². The lowest BCUT2D eigenvalue weighted by Crippen LogP contribution is -2.31. The van der Waals surface area contributed by atoms with E-state index < -0.39 is 0 Å². The molecule has 2 aromatic rings. The van der Waals surface area contributed by atoms with Gasteiger partial charge < -0.3 is 19.5 Å². The number of nitrogens with one attached hydrogen (secondary N) is 2. The molecule has 1 aromatic heterocycles. The lowest BCUT2D eigenvalue weighted by molar-refractivity contribution is 0.348. The van der Waals surface area contributed by atoms with Crippen LogP contribution in [0.4, 0.5) is 0 Å². The molecular weight excluding hydrogens is 402 g/mol. The van der Waals surface area contributed by atoms with Crippen LogP contribution in [0.5, 0.6) is 23.5 Å². The molecule has 1 heterocycles. The van der Waals surface area contributed by atoms with Gasteiger partial charge in [-0.1, -0.05) is 31.6 Å². The number of benzene rings is 1. The quantitative estimate of drug-likeness (QED) is 0.242. The van der Waals surface area contributed by atoms with Gasteiger partial charge in [0, 0.05) is 12.1 Å². The van der Waals surface area contributed by atoms with Crippen LogP contribution in [0.1, 0.15) is 30.9 Å². The number of ether oxygens (including phenoxy) is 3. The number of aromatic nitrogens is 2. The summed E-state index contributed by atoms with van der Waals surface area (Å²) >= 11 is 5.17. The summed E-state index contributed by atoms with van der Waals surface area (Å²) in [4.78, 5) is 8.47. The van der Waals surface area contributed by atoms with Gasteiger partial charge in [0.25, 0.3) is 0 Å². The Hall–Kier alpha value is -3.20. The minimum atomic E-state index is 0.115. The zero-order chi connectivity index (χ0) is 21.8. The molecule has 0 unspecified atom stereocenters. The molecule has 0 aliphatic rings. The average Bonchev–Trinajstić information content (AvgIpc) is 2.77. The van der Waals surface area contributed by atoms with E-state index in [9.17, 15) is 0 Å². The van der Waals surface area contributed by atoms with Gasteiger partial charge in [0.05, 0.1) is 26.5 Å². The Bertz CT molecular complexity index is 867. The van der Waals surface area contributed by atoms with Gasteiger partial charge in [-0.25, -0.2) is 0 Å². The van der Waals surface area contributed by atoms with E-state index in [0.717, 1.165) is 30.4 Å². The monoisotopic (exact) mass is 429 g/mol. The standard InChI is InChI=1S/C21H27N5O3S/c1-5-7-9-15-10-8-11-17(16(15)14-23-26-21(30)22-12-6-2)29-20-24-18(27-3)13-19(25-20)28-4/h6,8,10-11,13-14H,2,5,7,9,12H2,1,3-4H3,(H2,22,26,30)/b23-14+. The number of hydrazone groups is 1. The fraction of sp³-hybridized carbons (Fsp3) is 0.333. The van der Waals surface area contributed by atoms with Crippen LogP contribution < -0.4 is 25.0 Å². The van der Waals surface area contributed by atoms with Gasteiger partial charge in [0.1, 0.15) is 5.75 Å². The van der Waals surface area contributed by atoms with Gasteiger partial charge in [0.15, 0.2) is 5.11 Å². The van der Waals surface area contributed by atoms with E-state index in [0.29, 0.717) is 29.2 Å². The van der Waals surface area contributed by atoms with Gasteiger partial charge in [-0.2, -0.15) is 15.1 Å². The number of hydrogen-bond donors (Lipinski definition) is 2. The first kappa shape index (κ1) is 23.1. The lowest BCUT2D eigenvalue weighted by atomic mass is 10.0. The SMILES string of the molecule is C=CCNC(=S)N/N=C/c1c(CCCC)cccc1Oc1nc(OC)cc(OC)n1. The summed E-state index contributed by atoms with van der Waals surface area (Å²) in [5, 5.41) is 7.61. The average molecular weight is 430 g/mol. The van der Waals surface area contributed by atoms with Crippen LogP contribution in [0, 0.1) is 0 Å². The predicted octanol–water partition coefficient (Wildman–Crippen LogP) is 3.61. The number of rotatable bonds is 11. The highest BCUT2D eigenvalue weighted by Crippen LogP contribution is 2.28. The molecule has 2 N–H and O–H groups in total. The van der Waals surface area contributed by atoms with Crippen molar-refractivity contribution in [2.24, 2.45) is 5.10 Å². The molecule has 1 aromatic carbocycles. The zero-order valence-electron chi connectivity index (χ0n) is 17.5. The van der Waals surface area contributed by atoms with Crippen molar-refractivity contribution in [1.29, 1.82) is 0 Å². The molecule has 0 amide bonds. The summed E-state index contributed by atoms with van der Waals surface area (Å²) < 4.78 is 16.4. The molecule has 8 nitrogen and oxygen atoms in total. The van der Waals surface area contributed by atoms with E-state index in [1.807, 2.05) is 18.2 Å². The second kappa shape index (κ2) is 12.4. The Morgan fingerprint density at radius 2 is 1.97 bits per heavy atom. The fourth-order valence-corrected chi connectivity index (χ4v) is 2.64. The third-order valence-electron chi connectivity index (χ3n) is 4.00. The maximum atomic E-state index is 5.97. The molecule has 160 valence electrons. The van der Waals surface area contributed by atoms with Crippen molar-refractivity contribution in [1.82, 2.24) is 20.7 Å². The lowest BCUT2D eigenvalue weighted by Gasteiger charge is -2.13. The summed E-state index contributed by atoms with van der Waals surface area (Å²) in [6.07, 6.45) is 6.40. The third-order valence-corrected chi connectivity index (χ3v) is 4.24. The van der Waals surface area contributed by atoms with E-state index in [1.165, 1.54) is 14.2 Å². The van der Waals surface area contributed by atoms with E-state index in [-0.39, 0.29) is 6.01 Å². The van der Waals surface area contributed by atoms with Crippen LogP contribution in [-0.2, 0) is 6.42 Å². The van der Waals surface area contributed by atoms with Crippen molar-refractivity contribution in [3.05, 3.63) is 48.0 Å². The number of methoxy groups -OCH3 is 2. The summed E-state index contributed by atoms with van der Waals surface area (Å²) in [6, 6.07) is 7.50. The first-order valence-corrected chi connectivity index (χ1v) is 9.96. The molecule has 0 spiro atoms. The Kier molecular flexibility index (Phi) is 9.53. The van der Waals surface area contributed by atoms with Crippen molar-refractivity contribution in [2.75, 3.05) is 20.8 Å². The van der Waals surface area contributed by atoms with Crippen LogP contribution in [0.15, 0.2) is 42.0 Å². The van der Waals surface area contributed by atoms with E-state index in [4.69, 9.17) is 26.4 Å². The van der Waals surface area contributed by atoms with Crippen LogP contribution in [0.3, 0.4) is 0 Å². The smallest absolute Gasteiger partial charge is 0.328 e. The normalized spacial score (nSPS) is 10.5. The molecule has 0 fully saturated rings. The largest absolute Gasteiger partial charge is 0.481 e. The highest BCUT2D eigenvalue weighted by molar-refractivity contribution is 7.80. The minimum absolute atomic E-state index is 0.115. The molecule has 0 radical (unpaired) electrons. The Labute approximate surface area is 182 Å². The number of thiocarbonyl (C=S) groups is 1. The van der Waals surface area contributed by atoms with Gasteiger partial charge >= 0.3 is 6.01 Å². The van der Waals surface area contributed by atoms with Crippen LogP contribution in [-0.4, -0.2) is 42.1 Å². The maximum Gasteiger partial charge on any atom is 0.328 e. The molecule has 0 atom stereocenters. The van der Waals surface area contributed by atoms with Crippen molar-refractivity contribution in [2.45, 2.75) is 26.2 Å². The first-order valence-electron chi connectivity index (χ1n) is 9.55. The zero-order valence-corrected chi connectivity index (χ0v) is 18.3. The highest BCUT2D eigenvalue weighted by atomic mass is 32.1. The molecule has 0 bridgehead atoms. The molecule has 2 rings (SSSR count). The number of hydrogen-bond acceptors (Lipinski definition) is 7. The molecule has 9 heteroatoms. The first-order chi connectivity index (χ1) is 14.6. The van der Waals surface area contributed by atoms with Crippen molar-refractivity contribution < 1.29 is 14.2 Å². The molecule has 0 saturated carbocycles. The summed E-state index contributed by atoms with van der Waals surface area (Å²) in [7, 11) is 3.04. The Morgan fingerprint density at radius 3 is 2.60 bits per heavy atom. The van der Waals surface area contributed by atoms with Crippen molar-refractivity contribution in [3.63, 3.8) is 0 Å². The van der Waals surface area contributed by atoms with Gasteiger partial charge in [-0.3, -0.25) is 5.43 Å². The van der Waals surface area contributed by atoms with Crippen LogP contribution in [0.25, 0.3) is 0 Å². The second-order valence-electron chi connectivity index (χ2n) is 6.14. The van der Waals surface area contributed by atoms with Crippen LogP contribution >= 0.6 is 12.2 Å². The molecular formula is C21H27N5O3S. The van der Waals surface area contributed by atoms with Gasteiger partial charge in [0.2, 0.25) is 11.8 Å². The minimum Gasteiger partial charge on any atom is -0.481 e. The predicted molar refractivity (Wildman–Crippen MR) is 122 cm³/mol. The summed E-state index contributed by atoms with van der Waals surface area (Å²) in [6.45, 7) is 6.34. The van der Waals surface area contributed by atoms with Crippen molar-refractivity contribution in [3.8, 4) is 23.5 Å². The Morgan fingerprint density at radius 1 is 1.23 bits per heavy atom. The summed E-state index contributed by atoms with van der Waals surface area (Å²) in [5.41, 5.74) is 4.70. The van der Waals surface area contributed by atoms with E-state index >= 15 is 0 Å². The van der Waals surface area contributed by atoms with Crippen molar-refractivity contribution >= 4 is 23.5 Å². The number of aryl methyl sites for hydroxylation is 1. The third kappa shape index (κ3) is 7.00. The molecule has 30 heavy (non-hydrogen) atoms. The molecule has 0 aliphatic heterocycles. The summed E-state index contributed by atoms with van der Waals surface area (Å²) in [5.74, 6) is 1.25. The number of nitrogens with zero attached hydrogens (tertiary/aromatic N) is 3. The highest BCUT2D eigenvalue weighted by Gasteiger charge is 2.13.